The molecule has 0 spiro atoms. The summed E-state index contributed by atoms with van der Waals surface area (Å²) in [4.78, 5) is 36.6. The molecule has 4 aromatic rings. The summed E-state index contributed by atoms with van der Waals surface area (Å²) in [5, 5.41) is 3.69. The van der Waals surface area contributed by atoms with E-state index in [2.05, 4.69) is 15.3 Å². The number of alkyl halides is 6. The zero-order chi connectivity index (χ0) is 30.8. The van der Waals surface area contributed by atoms with Gasteiger partial charge in [0.05, 0.1) is 17.7 Å². The molecule has 0 bridgehead atoms. The van der Waals surface area contributed by atoms with Crippen LogP contribution in [-0.2, 0) is 30.1 Å². The van der Waals surface area contributed by atoms with E-state index in [-0.39, 0.29) is 51.1 Å². The van der Waals surface area contributed by atoms with E-state index in [9.17, 15) is 35.9 Å². The molecule has 1 atom stereocenters. The van der Waals surface area contributed by atoms with E-state index < -0.39 is 41.0 Å². The minimum atomic E-state index is -5.08. The van der Waals surface area contributed by atoms with E-state index in [1.807, 2.05) is 35.2 Å². The smallest absolute Gasteiger partial charge is 0.361 e. The maximum absolute atomic E-state index is 13.6. The van der Waals surface area contributed by atoms with Crippen molar-refractivity contribution in [2.24, 2.45) is 0 Å². The Morgan fingerprint density at radius 2 is 1.67 bits per heavy atom. The standard InChI is InChI=1S/C30H27F6N5O2/c31-29(32,33)22-10-20(11-23(13-22)30(34,35)36)28(43)41-9-8-40(18-27(42)39-15-19-4-3-7-37-14-19)17-24(41)12-21-16-38-26-6-2-1-5-25(21)26/h1-7,10-11,13-14,16,24,38H,8-9,12,15,17-18H2,(H,39,42)/t24-/m1/s1. The van der Waals surface area contributed by atoms with Gasteiger partial charge in [0.15, 0.2) is 0 Å². The highest BCUT2D eigenvalue weighted by molar-refractivity contribution is 5.95. The number of hydrogen-bond acceptors (Lipinski definition) is 4. The van der Waals surface area contributed by atoms with Crippen molar-refractivity contribution in [3.63, 3.8) is 0 Å². The average Bonchev–Trinajstić information content (AvgIpc) is 3.38. The molecule has 3 heterocycles. The van der Waals surface area contributed by atoms with Gasteiger partial charge in [0.25, 0.3) is 5.91 Å². The van der Waals surface area contributed by atoms with Crippen molar-refractivity contribution in [3.05, 3.63) is 101 Å². The van der Waals surface area contributed by atoms with E-state index in [1.165, 1.54) is 4.90 Å². The molecule has 1 aliphatic rings. The number of rotatable bonds is 7. The number of H-pyrrole nitrogens is 1. The fraction of sp³-hybridized carbons (Fsp3) is 0.300. The van der Waals surface area contributed by atoms with Crippen molar-refractivity contribution in [1.82, 2.24) is 25.1 Å². The van der Waals surface area contributed by atoms with Gasteiger partial charge in [-0.15, -0.1) is 0 Å². The van der Waals surface area contributed by atoms with Gasteiger partial charge in [-0.3, -0.25) is 19.5 Å². The summed E-state index contributed by atoms with van der Waals surface area (Å²) in [6.07, 6.45) is -4.90. The van der Waals surface area contributed by atoms with Gasteiger partial charge in [0.1, 0.15) is 0 Å². The van der Waals surface area contributed by atoms with Crippen LogP contribution in [0.1, 0.15) is 32.6 Å². The van der Waals surface area contributed by atoms with Crippen LogP contribution < -0.4 is 5.32 Å². The van der Waals surface area contributed by atoms with Gasteiger partial charge in [0, 0.05) is 67.3 Å². The lowest BCUT2D eigenvalue weighted by Crippen LogP contribution is -2.57. The third kappa shape index (κ3) is 7.16. The molecule has 7 nitrogen and oxygen atoms in total. The van der Waals surface area contributed by atoms with Crippen molar-refractivity contribution >= 4 is 22.7 Å². The molecule has 13 heteroatoms. The van der Waals surface area contributed by atoms with E-state index in [0.717, 1.165) is 22.0 Å². The first-order valence-electron chi connectivity index (χ1n) is 13.4. The van der Waals surface area contributed by atoms with Crippen LogP contribution in [-0.4, -0.2) is 63.8 Å². The second-order valence-corrected chi connectivity index (χ2v) is 10.4. The highest BCUT2D eigenvalue weighted by atomic mass is 19.4. The van der Waals surface area contributed by atoms with Crippen molar-refractivity contribution < 1.29 is 35.9 Å². The monoisotopic (exact) mass is 603 g/mol. The van der Waals surface area contributed by atoms with Crippen LogP contribution in [0.25, 0.3) is 10.9 Å². The lowest BCUT2D eigenvalue weighted by Gasteiger charge is -2.41. The molecule has 226 valence electrons. The number of benzene rings is 2. The molecule has 2 N–H and O–H groups in total. The Kier molecular flexibility index (Phi) is 8.45. The van der Waals surface area contributed by atoms with Crippen molar-refractivity contribution in [1.29, 1.82) is 0 Å². The Hall–Kier alpha value is -4.39. The maximum Gasteiger partial charge on any atom is 0.416 e. The zero-order valence-electron chi connectivity index (χ0n) is 22.7. The van der Waals surface area contributed by atoms with Crippen molar-refractivity contribution in [3.8, 4) is 0 Å². The summed E-state index contributed by atoms with van der Waals surface area (Å²) >= 11 is 0. The molecule has 2 aromatic heterocycles. The maximum atomic E-state index is 13.6. The number of halogens is 6. The average molecular weight is 604 g/mol. The zero-order valence-corrected chi connectivity index (χ0v) is 22.7. The van der Waals surface area contributed by atoms with Gasteiger partial charge in [-0.1, -0.05) is 24.3 Å². The number of pyridine rings is 1. The number of hydrogen-bond donors (Lipinski definition) is 2. The van der Waals surface area contributed by atoms with E-state index >= 15 is 0 Å². The predicted octanol–water partition coefficient (Wildman–Crippen LogP) is 5.29. The van der Waals surface area contributed by atoms with Gasteiger partial charge < -0.3 is 15.2 Å². The van der Waals surface area contributed by atoms with E-state index in [0.29, 0.717) is 12.1 Å². The minimum Gasteiger partial charge on any atom is -0.361 e. The van der Waals surface area contributed by atoms with Gasteiger partial charge in [0.2, 0.25) is 5.91 Å². The van der Waals surface area contributed by atoms with Crippen LogP contribution in [0.15, 0.2) is 73.2 Å². The number of aromatic amines is 1. The molecule has 0 unspecified atom stereocenters. The second kappa shape index (κ2) is 12.1. The number of nitrogens with one attached hydrogen (secondary N) is 2. The Balaban J connectivity index is 1.40. The summed E-state index contributed by atoms with van der Waals surface area (Å²) in [6.45, 7) is 0.632. The largest absolute Gasteiger partial charge is 0.416 e. The van der Waals surface area contributed by atoms with E-state index in [1.54, 1.807) is 24.7 Å². The Labute approximate surface area is 242 Å². The van der Waals surface area contributed by atoms with Crippen LogP contribution in [0.3, 0.4) is 0 Å². The number of para-hydroxylation sites is 1. The van der Waals surface area contributed by atoms with Gasteiger partial charge >= 0.3 is 12.4 Å². The van der Waals surface area contributed by atoms with Crippen molar-refractivity contribution in [2.45, 2.75) is 31.4 Å². The Morgan fingerprint density at radius 3 is 2.35 bits per heavy atom. The molecule has 1 fully saturated rings. The van der Waals surface area contributed by atoms with Crippen LogP contribution in [0.2, 0.25) is 0 Å². The normalized spacial score (nSPS) is 16.4. The highest BCUT2D eigenvalue weighted by Crippen LogP contribution is 2.37. The molecule has 0 saturated carbocycles. The molecule has 0 radical (unpaired) electrons. The molecular weight excluding hydrogens is 576 g/mol. The van der Waals surface area contributed by atoms with Crippen LogP contribution in [0.4, 0.5) is 26.3 Å². The topological polar surface area (TPSA) is 81.3 Å². The Morgan fingerprint density at radius 1 is 0.953 bits per heavy atom. The molecule has 2 aromatic carbocycles. The van der Waals surface area contributed by atoms with Crippen LogP contribution in [0.5, 0.6) is 0 Å². The number of carbonyl (C=O) groups excluding carboxylic acids is 2. The molecular formula is C30H27F6N5O2. The van der Waals surface area contributed by atoms with Crippen LogP contribution in [0, 0.1) is 0 Å². The second-order valence-electron chi connectivity index (χ2n) is 10.4. The molecule has 2 amide bonds. The molecule has 0 aliphatic carbocycles. The highest BCUT2D eigenvalue weighted by Gasteiger charge is 2.39. The SMILES string of the molecule is O=C(CN1CCN(C(=O)c2cc(C(F)(F)F)cc(C(F)(F)F)c2)[C@H](Cc2c[nH]c3ccccc23)C1)NCc1cccnc1. The molecule has 1 saturated heterocycles. The van der Waals surface area contributed by atoms with E-state index in [4.69, 9.17) is 0 Å². The third-order valence-corrected chi connectivity index (χ3v) is 7.37. The summed E-state index contributed by atoms with van der Waals surface area (Å²) in [6, 6.07) is 11.3. The molecule has 5 rings (SSSR count). The molecule has 1 aliphatic heterocycles. The molecule has 43 heavy (non-hydrogen) atoms. The predicted molar refractivity (Wildman–Crippen MR) is 146 cm³/mol. The van der Waals surface area contributed by atoms with Crippen molar-refractivity contribution in [2.75, 3.05) is 26.2 Å². The number of fused-ring (bicyclic) bond motifs is 1. The number of aromatic nitrogens is 2. The van der Waals surface area contributed by atoms with Crippen LogP contribution >= 0.6 is 0 Å². The summed E-state index contributed by atoms with van der Waals surface area (Å²) in [7, 11) is 0. The first-order valence-corrected chi connectivity index (χ1v) is 13.4. The lowest BCUT2D eigenvalue weighted by molar-refractivity contribution is -0.143. The number of piperazine rings is 1. The lowest BCUT2D eigenvalue weighted by atomic mass is 9.98. The fourth-order valence-electron chi connectivity index (χ4n) is 5.27. The third-order valence-electron chi connectivity index (χ3n) is 7.37. The van der Waals surface area contributed by atoms with Gasteiger partial charge in [-0.25, -0.2) is 0 Å². The van der Waals surface area contributed by atoms with Gasteiger partial charge in [-0.2, -0.15) is 26.3 Å². The summed E-state index contributed by atoms with van der Waals surface area (Å²) < 4.78 is 81.1. The fourth-order valence-corrected chi connectivity index (χ4v) is 5.27. The number of carbonyl (C=O) groups is 2. The quantitative estimate of drug-likeness (QED) is 0.282. The number of amides is 2. The summed E-state index contributed by atoms with van der Waals surface area (Å²) in [5.74, 6) is -1.22. The summed E-state index contributed by atoms with van der Waals surface area (Å²) in [5.41, 5.74) is -1.34. The van der Waals surface area contributed by atoms with Gasteiger partial charge in [-0.05, 0) is 47.9 Å². The minimum absolute atomic E-state index is 0.000657. The first-order chi connectivity index (χ1) is 20.4. The number of nitrogens with zero attached hydrogens (tertiary/aromatic N) is 3. The Bertz CT molecular complexity index is 1570. The first kappa shape index (κ1) is 30.1.